The number of likely N-dealkylation sites (N-methyl/N-ethyl adjacent to an activating group) is 1. The number of hydrazine groups is 1. The van der Waals surface area contributed by atoms with E-state index in [1.165, 1.54) is 0 Å². The molecule has 0 bridgehead atoms. The van der Waals surface area contributed by atoms with Gasteiger partial charge in [0, 0.05) is 31.7 Å². The fourth-order valence-electron chi connectivity index (χ4n) is 1.64. The second-order valence-corrected chi connectivity index (χ2v) is 3.48. The zero-order valence-corrected chi connectivity index (χ0v) is 7.75. The number of hydrogen-bond donors (Lipinski definition) is 1. The number of nitrogens with zero attached hydrogens (tertiary/aromatic N) is 2. The molecule has 2 N–H and O–H groups in total. The average molecular weight is 157 g/mol. The molecule has 0 spiro atoms. The van der Waals surface area contributed by atoms with E-state index in [2.05, 4.69) is 30.8 Å². The molecule has 1 rings (SSSR count). The van der Waals surface area contributed by atoms with Gasteiger partial charge in [0.1, 0.15) is 0 Å². The quantitative estimate of drug-likeness (QED) is 0.624. The summed E-state index contributed by atoms with van der Waals surface area (Å²) in [5, 5.41) is 4.68. The van der Waals surface area contributed by atoms with Crippen LogP contribution in [0.4, 0.5) is 0 Å². The third-order valence-corrected chi connectivity index (χ3v) is 2.19. The van der Waals surface area contributed by atoms with E-state index < -0.39 is 0 Å². The summed E-state index contributed by atoms with van der Waals surface area (Å²) in [5.41, 5.74) is 5.85. The fourth-order valence-corrected chi connectivity index (χ4v) is 1.64. The van der Waals surface area contributed by atoms with Crippen LogP contribution in [0.3, 0.4) is 0 Å². The van der Waals surface area contributed by atoms with E-state index in [0.29, 0.717) is 12.1 Å². The average Bonchev–Trinajstić information content (AvgIpc) is 2.30. The van der Waals surface area contributed by atoms with E-state index in [9.17, 15) is 0 Å². The standard InChI is InChI=1S/C8H19N3/c1-4-10-5-8(9)6-11(10)7(2)3/h7-8H,4-6,9H2,1-3H3. The molecule has 0 aromatic heterocycles. The Morgan fingerprint density at radius 2 is 2.09 bits per heavy atom. The summed E-state index contributed by atoms with van der Waals surface area (Å²) in [5.74, 6) is 0. The van der Waals surface area contributed by atoms with E-state index in [0.717, 1.165) is 19.6 Å². The van der Waals surface area contributed by atoms with Gasteiger partial charge in [0.2, 0.25) is 0 Å². The van der Waals surface area contributed by atoms with Gasteiger partial charge in [-0.15, -0.1) is 0 Å². The Labute approximate surface area is 69.1 Å². The summed E-state index contributed by atoms with van der Waals surface area (Å²) in [6.07, 6.45) is 0. The van der Waals surface area contributed by atoms with Crippen LogP contribution in [0.15, 0.2) is 0 Å². The van der Waals surface area contributed by atoms with Crippen molar-refractivity contribution in [3.8, 4) is 0 Å². The maximum absolute atomic E-state index is 5.85. The molecule has 3 nitrogen and oxygen atoms in total. The van der Waals surface area contributed by atoms with Gasteiger partial charge in [0.25, 0.3) is 0 Å². The first-order chi connectivity index (χ1) is 5.15. The molecule has 0 radical (unpaired) electrons. The van der Waals surface area contributed by atoms with Gasteiger partial charge in [0.05, 0.1) is 0 Å². The van der Waals surface area contributed by atoms with E-state index in [-0.39, 0.29) is 0 Å². The van der Waals surface area contributed by atoms with Crippen LogP contribution in [0.5, 0.6) is 0 Å². The third kappa shape index (κ3) is 1.92. The van der Waals surface area contributed by atoms with Gasteiger partial charge in [-0.25, -0.2) is 10.0 Å². The molecule has 1 aliphatic heterocycles. The highest BCUT2D eigenvalue weighted by molar-refractivity contribution is 4.79. The summed E-state index contributed by atoms with van der Waals surface area (Å²) in [7, 11) is 0. The van der Waals surface area contributed by atoms with Crippen LogP contribution < -0.4 is 5.73 Å². The fraction of sp³-hybridized carbons (Fsp3) is 1.00. The Morgan fingerprint density at radius 1 is 1.45 bits per heavy atom. The lowest BCUT2D eigenvalue weighted by molar-refractivity contribution is 0.00345. The van der Waals surface area contributed by atoms with Crippen molar-refractivity contribution >= 4 is 0 Å². The van der Waals surface area contributed by atoms with Crippen molar-refractivity contribution in [2.45, 2.75) is 32.9 Å². The lowest BCUT2D eigenvalue weighted by Gasteiger charge is -2.29. The second-order valence-electron chi connectivity index (χ2n) is 3.48. The minimum atomic E-state index is 0.345. The third-order valence-electron chi connectivity index (χ3n) is 2.19. The highest BCUT2D eigenvalue weighted by atomic mass is 15.7. The zero-order valence-electron chi connectivity index (χ0n) is 7.75. The van der Waals surface area contributed by atoms with Crippen molar-refractivity contribution in [3.63, 3.8) is 0 Å². The minimum absolute atomic E-state index is 0.345. The first-order valence-corrected chi connectivity index (χ1v) is 4.42. The van der Waals surface area contributed by atoms with E-state index in [1.807, 2.05) is 0 Å². The molecule has 11 heavy (non-hydrogen) atoms. The van der Waals surface area contributed by atoms with Crippen LogP contribution in [0.25, 0.3) is 0 Å². The molecule has 0 saturated carbocycles. The molecular formula is C8H19N3. The highest BCUT2D eigenvalue weighted by Crippen LogP contribution is 2.12. The smallest absolute Gasteiger partial charge is 0.0325 e. The molecule has 1 aliphatic rings. The number of nitrogens with two attached hydrogens (primary N) is 1. The Morgan fingerprint density at radius 3 is 2.45 bits per heavy atom. The molecule has 3 heteroatoms. The molecule has 0 aromatic carbocycles. The normalized spacial score (nSPS) is 28.6. The van der Waals surface area contributed by atoms with Crippen LogP contribution in [0.2, 0.25) is 0 Å². The summed E-state index contributed by atoms with van der Waals surface area (Å²) >= 11 is 0. The van der Waals surface area contributed by atoms with Gasteiger partial charge in [-0.2, -0.15) is 0 Å². The largest absolute Gasteiger partial charge is 0.325 e. The van der Waals surface area contributed by atoms with E-state index in [4.69, 9.17) is 5.73 Å². The van der Waals surface area contributed by atoms with Gasteiger partial charge >= 0.3 is 0 Å². The summed E-state index contributed by atoms with van der Waals surface area (Å²) in [6.45, 7) is 9.71. The number of hydrogen-bond acceptors (Lipinski definition) is 3. The second kappa shape index (κ2) is 3.52. The molecule has 1 unspecified atom stereocenters. The molecule has 0 aromatic rings. The lowest BCUT2D eigenvalue weighted by Crippen LogP contribution is -2.41. The van der Waals surface area contributed by atoms with Crippen LogP contribution >= 0.6 is 0 Å². The lowest BCUT2D eigenvalue weighted by atomic mass is 10.3. The first kappa shape index (κ1) is 8.97. The van der Waals surface area contributed by atoms with Crippen LogP contribution in [0.1, 0.15) is 20.8 Å². The van der Waals surface area contributed by atoms with Crippen LogP contribution in [-0.2, 0) is 0 Å². The van der Waals surface area contributed by atoms with Crippen molar-refractivity contribution in [1.82, 2.24) is 10.0 Å². The monoisotopic (exact) mass is 157 g/mol. The first-order valence-electron chi connectivity index (χ1n) is 4.42. The van der Waals surface area contributed by atoms with Gasteiger partial charge < -0.3 is 5.73 Å². The molecule has 1 saturated heterocycles. The molecule has 66 valence electrons. The molecular weight excluding hydrogens is 138 g/mol. The van der Waals surface area contributed by atoms with Crippen molar-refractivity contribution in [2.24, 2.45) is 5.73 Å². The van der Waals surface area contributed by atoms with E-state index in [1.54, 1.807) is 0 Å². The summed E-state index contributed by atoms with van der Waals surface area (Å²) < 4.78 is 0. The van der Waals surface area contributed by atoms with E-state index >= 15 is 0 Å². The highest BCUT2D eigenvalue weighted by Gasteiger charge is 2.27. The minimum Gasteiger partial charge on any atom is -0.325 e. The summed E-state index contributed by atoms with van der Waals surface area (Å²) in [6, 6.07) is 0.931. The molecule has 1 heterocycles. The predicted octanol–water partition coefficient (Wildman–Crippen LogP) is 0.275. The maximum atomic E-state index is 5.85. The Balaban J connectivity index is 2.50. The maximum Gasteiger partial charge on any atom is 0.0325 e. The predicted molar refractivity (Wildman–Crippen MR) is 47.1 cm³/mol. The Bertz CT molecular complexity index is 125. The van der Waals surface area contributed by atoms with Crippen molar-refractivity contribution < 1.29 is 0 Å². The summed E-state index contributed by atoms with van der Waals surface area (Å²) in [4.78, 5) is 0. The van der Waals surface area contributed by atoms with Gasteiger partial charge in [-0.05, 0) is 13.8 Å². The van der Waals surface area contributed by atoms with Crippen molar-refractivity contribution in [3.05, 3.63) is 0 Å². The van der Waals surface area contributed by atoms with Crippen LogP contribution in [-0.4, -0.2) is 41.7 Å². The molecule has 0 amide bonds. The molecule has 0 aliphatic carbocycles. The topological polar surface area (TPSA) is 32.5 Å². The Hall–Kier alpha value is -0.120. The van der Waals surface area contributed by atoms with Crippen molar-refractivity contribution in [1.29, 1.82) is 0 Å². The van der Waals surface area contributed by atoms with Crippen molar-refractivity contribution in [2.75, 3.05) is 19.6 Å². The van der Waals surface area contributed by atoms with Gasteiger partial charge in [-0.1, -0.05) is 6.92 Å². The Kier molecular flexibility index (Phi) is 2.87. The SMILES string of the molecule is CCN1CC(N)CN1C(C)C. The number of rotatable bonds is 2. The zero-order chi connectivity index (χ0) is 8.43. The van der Waals surface area contributed by atoms with Gasteiger partial charge in [0.15, 0.2) is 0 Å². The molecule has 1 fully saturated rings. The molecule has 1 atom stereocenters. The van der Waals surface area contributed by atoms with Gasteiger partial charge in [-0.3, -0.25) is 0 Å². The van der Waals surface area contributed by atoms with Crippen LogP contribution in [0, 0.1) is 0 Å².